The number of fused-ring (bicyclic) bond motifs is 1. The number of hydrogen-bond donors (Lipinski definition) is 2. The minimum absolute atomic E-state index is 0.0863. The van der Waals surface area contributed by atoms with Crippen molar-refractivity contribution >= 4 is 11.6 Å². The second-order valence-corrected chi connectivity index (χ2v) is 9.44. The predicted octanol–water partition coefficient (Wildman–Crippen LogP) is 4.93. The number of nitrogens with zero attached hydrogens (tertiary/aromatic N) is 1. The highest BCUT2D eigenvalue weighted by atomic mass is 16.5. The number of anilines is 1. The van der Waals surface area contributed by atoms with Crippen molar-refractivity contribution in [1.29, 1.82) is 0 Å². The molecule has 0 bridgehead atoms. The van der Waals surface area contributed by atoms with Crippen LogP contribution < -0.4 is 15.6 Å². The Morgan fingerprint density at radius 2 is 1.82 bits per heavy atom. The van der Waals surface area contributed by atoms with Crippen LogP contribution in [-0.2, 0) is 4.79 Å². The third-order valence-electron chi connectivity index (χ3n) is 6.30. The van der Waals surface area contributed by atoms with Gasteiger partial charge in [-0.3, -0.25) is 14.7 Å². The zero-order valence-electron chi connectivity index (χ0n) is 18.9. The summed E-state index contributed by atoms with van der Waals surface area (Å²) in [5.41, 5.74) is 3.47. The van der Waals surface area contributed by atoms with Crippen LogP contribution in [0.5, 0.6) is 5.75 Å². The zero-order valence-corrected chi connectivity index (χ0v) is 18.9. The lowest BCUT2D eigenvalue weighted by Crippen LogP contribution is -2.35. The van der Waals surface area contributed by atoms with Crippen LogP contribution in [0.1, 0.15) is 43.7 Å². The van der Waals surface area contributed by atoms with Gasteiger partial charge in [0.1, 0.15) is 18.2 Å². The normalized spacial score (nSPS) is 18.8. The minimum Gasteiger partial charge on any atom is -0.490 e. The van der Waals surface area contributed by atoms with Crippen LogP contribution in [0.25, 0.3) is 5.69 Å². The fraction of sp³-hybridized carbons (Fsp3) is 0.259. The Morgan fingerprint density at radius 1 is 1.09 bits per heavy atom. The van der Waals surface area contributed by atoms with Crippen molar-refractivity contribution in [1.82, 2.24) is 9.78 Å². The first-order valence-corrected chi connectivity index (χ1v) is 11.2. The third-order valence-corrected chi connectivity index (χ3v) is 6.30. The molecule has 3 aromatic rings. The lowest BCUT2D eigenvalue weighted by Gasteiger charge is -2.37. The molecule has 1 atom stereocenters. The monoisotopic (exact) mass is 441 g/mol. The molecule has 2 aromatic carbocycles. The van der Waals surface area contributed by atoms with Crippen molar-refractivity contribution in [3.05, 3.63) is 100 Å². The van der Waals surface area contributed by atoms with Crippen LogP contribution in [0.4, 0.5) is 5.82 Å². The first-order valence-electron chi connectivity index (χ1n) is 11.2. The van der Waals surface area contributed by atoms with Gasteiger partial charge in [-0.1, -0.05) is 56.8 Å². The second kappa shape index (κ2) is 7.96. The molecular weight excluding hydrogens is 414 g/mol. The lowest BCUT2D eigenvalue weighted by molar-refractivity contribution is -0.118. The molecule has 1 aliphatic heterocycles. The molecule has 0 fully saturated rings. The number of Topliss-reactive ketones (excluding diaryl/α,β-unsaturated/α-hetero) is 1. The topological polar surface area (TPSA) is 76.1 Å². The first kappa shape index (κ1) is 21.1. The van der Waals surface area contributed by atoms with Crippen LogP contribution in [0, 0.1) is 5.41 Å². The summed E-state index contributed by atoms with van der Waals surface area (Å²) in [4.78, 5) is 27.0. The maximum Gasteiger partial charge on any atom is 0.277 e. The molecule has 0 radical (unpaired) electrons. The molecule has 0 saturated carbocycles. The summed E-state index contributed by atoms with van der Waals surface area (Å²) in [7, 11) is 0. The molecule has 0 unspecified atom stereocenters. The summed E-state index contributed by atoms with van der Waals surface area (Å²) >= 11 is 0. The molecule has 0 spiro atoms. The number of hydrogen-bond acceptors (Lipinski definition) is 4. The van der Waals surface area contributed by atoms with Crippen LogP contribution >= 0.6 is 0 Å². The van der Waals surface area contributed by atoms with Crippen LogP contribution in [0.2, 0.25) is 0 Å². The highest BCUT2D eigenvalue weighted by molar-refractivity contribution is 6.01. The van der Waals surface area contributed by atoms with Crippen molar-refractivity contribution in [2.45, 2.75) is 32.6 Å². The van der Waals surface area contributed by atoms with Crippen molar-refractivity contribution in [2.75, 3.05) is 11.9 Å². The molecule has 1 aromatic heterocycles. The lowest BCUT2D eigenvalue weighted by atomic mass is 9.69. The van der Waals surface area contributed by atoms with Crippen molar-refractivity contribution in [3.8, 4) is 11.4 Å². The Hall–Kier alpha value is -3.80. The van der Waals surface area contributed by atoms with Crippen LogP contribution in [0.15, 0.2) is 83.3 Å². The molecule has 168 valence electrons. The van der Waals surface area contributed by atoms with E-state index in [1.54, 1.807) is 10.8 Å². The van der Waals surface area contributed by atoms with E-state index in [0.717, 1.165) is 23.4 Å². The van der Waals surface area contributed by atoms with Gasteiger partial charge < -0.3 is 10.1 Å². The maximum atomic E-state index is 13.6. The third kappa shape index (κ3) is 3.71. The number of ether oxygens (including phenoxy) is 1. The van der Waals surface area contributed by atoms with Gasteiger partial charge in [-0.05, 0) is 41.7 Å². The number of benzene rings is 2. The van der Waals surface area contributed by atoms with E-state index >= 15 is 0 Å². The summed E-state index contributed by atoms with van der Waals surface area (Å²) in [6, 6.07) is 17.1. The number of para-hydroxylation sites is 1. The standard InChI is InChI=1S/C27H27N3O3/c1-4-14-33-19-12-10-17(11-13-19)22-23-20(15-27(2,3)16-21(23)31)28-25-24(22)26(32)30(29-25)18-8-6-5-7-9-18/h4-13,22,28-29H,1,14-16H2,2-3H3/t22-/m1/s1. The van der Waals surface area contributed by atoms with E-state index < -0.39 is 5.92 Å². The molecule has 6 nitrogen and oxygen atoms in total. The van der Waals surface area contributed by atoms with E-state index in [0.29, 0.717) is 35.7 Å². The van der Waals surface area contributed by atoms with Gasteiger partial charge in [0.05, 0.1) is 11.3 Å². The average molecular weight is 442 g/mol. The van der Waals surface area contributed by atoms with E-state index in [9.17, 15) is 9.59 Å². The quantitative estimate of drug-likeness (QED) is 0.551. The Morgan fingerprint density at radius 3 is 2.52 bits per heavy atom. The molecule has 2 aliphatic rings. The number of H-pyrrole nitrogens is 1. The molecule has 0 saturated heterocycles. The van der Waals surface area contributed by atoms with E-state index in [1.165, 1.54) is 0 Å². The Kier molecular flexibility index (Phi) is 5.08. The number of carbonyl (C=O) groups is 1. The van der Waals surface area contributed by atoms with Gasteiger partial charge in [0.15, 0.2) is 5.78 Å². The van der Waals surface area contributed by atoms with Crippen molar-refractivity contribution in [2.24, 2.45) is 5.41 Å². The number of allylic oxidation sites excluding steroid dienone is 2. The summed E-state index contributed by atoms with van der Waals surface area (Å²) in [6.45, 7) is 8.30. The van der Waals surface area contributed by atoms with E-state index in [2.05, 4.69) is 30.8 Å². The van der Waals surface area contributed by atoms with Gasteiger partial charge in [0.25, 0.3) is 5.56 Å². The molecule has 5 rings (SSSR count). The second-order valence-electron chi connectivity index (χ2n) is 9.44. The van der Waals surface area contributed by atoms with Gasteiger partial charge in [-0.15, -0.1) is 0 Å². The Balaban J connectivity index is 1.67. The van der Waals surface area contributed by atoms with Crippen LogP contribution in [-0.4, -0.2) is 22.2 Å². The van der Waals surface area contributed by atoms with Gasteiger partial charge in [0.2, 0.25) is 0 Å². The van der Waals surface area contributed by atoms with E-state index in [-0.39, 0.29) is 16.8 Å². The Labute approximate surface area is 192 Å². The highest BCUT2D eigenvalue weighted by Crippen LogP contribution is 2.47. The molecule has 0 amide bonds. The minimum atomic E-state index is -0.443. The SMILES string of the molecule is C=CCOc1ccc([C@@H]2C3=C(CC(C)(C)CC3=O)Nc3[nH]n(-c4ccccc4)c(=O)c32)cc1. The first-order chi connectivity index (χ1) is 15.9. The number of ketones is 1. The van der Waals surface area contributed by atoms with E-state index in [1.807, 2.05) is 54.6 Å². The fourth-order valence-electron chi connectivity index (χ4n) is 4.89. The number of nitrogens with one attached hydrogen (secondary N) is 2. The average Bonchev–Trinajstić information content (AvgIpc) is 3.12. The van der Waals surface area contributed by atoms with Crippen molar-refractivity contribution in [3.63, 3.8) is 0 Å². The van der Waals surface area contributed by atoms with Crippen molar-refractivity contribution < 1.29 is 9.53 Å². The van der Waals surface area contributed by atoms with Gasteiger partial charge in [-0.25, -0.2) is 4.68 Å². The molecule has 2 N–H and O–H groups in total. The molecule has 6 heteroatoms. The smallest absolute Gasteiger partial charge is 0.277 e. The molecule has 1 aliphatic carbocycles. The summed E-state index contributed by atoms with van der Waals surface area (Å²) in [6.07, 6.45) is 2.89. The zero-order chi connectivity index (χ0) is 23.2. The number of aromatic nitrogens is 2. The number of carbonyl (C=O) groups excluding carboxylic acids is 1. The van der Waals surface area contributed by atoms with Gasteiger partial charge in [-0.2, -0.15) is 0 Å². The van der Waals surface area contributed by atoms with Gasteiger partial charge in [0, 0.05) is 23.6 Å². The summed E-state index contributed by atoms with van der Waals surface area (Å²) in [5, 5.41) is 6.65. The fourth-order valence-corrected chi connectivity index (χ4v) is 4.89. The molecule has 33 heavy (non-hydrogen) atoms. The Bertz CT molecular complexity index is 1310. The largest absolute Gasteiger partial charge is 0.490 e. The number of aromatic amines is 1. The predicted molar refractivity (Wildman–Crippen MR) is 129 cm³/mol. The molecular formula is C27H27N3O3. The maximum absolute atomic E-state index is 13.6. The number of rotatable bonds is 5. The highest BCUT2D eigenvalue weighted by Gasteiger charge is 2.42. The van der Waals surface area contributed by atoms with Gasteiger partial charge >= 0.3 is 0 Å². The molecule has 2 heterocycles. The summed E-state index contributed by atoms with van der Waals surface area (Å²) < 4.78 is 7.17. The van der Waals surface area contributed by atoms with Crippen LogP contribution in [0.3, 0.4) is 0 Å². The summed E-state index contributed by atoms with van der Waals surface area (Å²) in [5.74, 6) is 1.00. The van der Waals surface area contributed by atoms with E-state index in [4.69, 9.17) is 4.74 Å².